The Morgan fingerprint density at radius 3 is 3.00 bits per heavy atom. The van der Waals surface area contributed by atoms with Gasteiger partial charge in [-0.05, 0) is 19.2 Å². The molecule has 1 saturated heterocycles. The van der Waals surface area contributed by atoms with Crippen molar-refractivity contribution in [1.29, 1.82) is 0 Å². The monoisotopic (exact) mass is 154 g/mol. The predicted molar refractivity (Wildman–Crippen MR) is 45.4 cm³/mol. The van der Waals surface area contributed by atoms with Gasteiger partial charge in [0, 0.05) is 6.42 Å². The Morgan fingerprint density at radius 1 is 1.64 bits per heavy atom. The van der Waals surface area contributed by atoms with Crippen LogP contribution in [-0.4, -0.2) is 30.8 Å². The van der Waals surface area contributed by atoms with Crippen molar-refractivity contribution >= 4 is 7.85 Å². The lowest BCUT2D eigenvalue weighted by Crippen LogP contribution is -2.33. The van der Waals surface area contributed by atoms with Crippen LogP contribution in [0.5, 0.6) is 0 Å². The van der Waals surface area contributed by atoms with Crippen molar-refractivity contribution in [3.8, 4) is 0 Å². The zero-order valence-corrected chi connectivity index (χ0v) is 7.21. The van der Waals surface area contributed by atoms with Gasteiger partial charge in [-0.2, -0.15) is 0 Å². The van der Waals surface area contributed by atoms with Gasteiger partial charge in [-0.3, -0.25) is 0 Å². The molecule has 2 fully saturated rings. The third kappa shape index (κ3) is 1.02. The van der Waals surface area contributed by atoms with Crippen LogP contribution in [0.2, 0.25) is 5.82 Å². The lowest BCUT2D eigenvalue weighted by atomic mass is 9.82. The van der Waals surface area contributed by atoms with E-state index in [1.807, 2.05) is 6.92 Å². The second-order valence-electron chi connectivity index (χ2n) is 4.19. The van der Waals surface area contributed by atoms with E-state index in [0.717, 1.165) is 19.3 Å². The van der Waals surface area contributed by atoms with Crippen LogP contribution in [-0.2, 0) is 4.74 Å². The van der Waals surface area contributed by atoms with Gasteiger partial charge in [0.1, 0.15) is 7.85 Å². The summed E-state index contributed by atoms with van der Waals surface area (Å²) in [6.07, 6.45) is 3.27. The van der Waals surface area contributed by atoms with Crippen molar-refractivity contribution in [2.45, 2.75) is 49.8 Å². The van der Waals surface area contributed by atoms with Crippen LogP contribution < -0.4 is 0 Å². The fraction of sp³-hybridized carbons (Fsp3) is 1.00. The molecule has 0 aromatic rings. The fourth-order valence-corrected chi connectivity index (χ4v) is 2.58. The van der Waals surface area contributed by atoms with E-state index in [2.05, 4.69) is 7.85 Å². The van der Waals surface area contributed by atoms with Crippen molar-refractivity contribution < 1.29 is 9.84 Å². The van der Waals surface area contributed by atoms with E-state index in [9.17, 15) is 5.11 Å². The summed E-state index contributed by atoms with van der Waals surface area (Å²) in [5, 5.41) is 10.0. The third-order valence-electron chi connectivity index (χ3n) is 3.10. The summed E-state index contributed by atoms with van der Waals surface area (Å²) < 4.78 is 5.65. The summed E-state index contributed by atoms with van der Waals surface area (Å²) in [4.78, 5) is 0. The summed E-state index contributed by atoms with van der Waals surface area (Å²) >= 11 is 0. The number of fused-ring (bicyclic) bond motifs is 1. The molecular formula is C8H15BO2. The van der Waals surface area contributed by atoms with Crippen molar-refractivity contribution in [1.82, 2.24) is 0 Å². The van der Waals surface area contributed by atoms with Gasteiger partial charge in [0.25, 0.3) is 0 Å². The van der Waals surface area contributed by atoms with Gasteiger partial charge in [0.05, 0.1) is 17.8 Å². The standard InChI is InChI=1S/C8H15BO2/c1-5-4-8(10)3-2-6(9)7(8)11-5/h5-7,10H,2-4,9H2,1H3/t5-,6-,7-,8+/m1/s1. The molecule has 1 saturated carbocycles. The molecule has 0 amide bonds. The van der Waals surface area contributed by atoms with Gasteiger partial charge in [-0.25, -0.2) is 0 Å². The van der Waals surface area contributed by atoms with Gasteiger partial charge in [0.15, 0.2) is 0 Å². The molecule has 1 aliphatic heterocycles. The maximum absolute atomic E-state index is 10.0. The smallest absolute Gasteiger partial charge is 0.108 e. The van der Waals surface area contributed by atoms with Gasteiger partial charge in [0.2, 0.25) is 0 Å². The summed E-state index contributed by atoms with van der Waals surface area (Å²) in [6.45, 7) is 2.04. The second-order valence-corrected chi connectivity index (χ2v) is 4.19. The van der Waals surface area contributed by atoms with Crippen LogP contribution in [0.15, 0.2) is 0 Å². The fourth-order valence-electron chi connectivity index (χ4n) is 2.58. The van der Waals surface area contributed by atoms with Crippen molar-refractivity contribution in [3.63, 3.8) is 0 Å². The highest BCUT2D eigenvalue weighted by Crippen LogP contribution is 2.47. The zero-order chi connectivity index (χ0) is 8.06. The average molecular weight is 154 g/mol. The zero-order valence-electron chi connectivity index (χ0n) is 7.21. The topological polar surface area (TPSA) is 29.5 Å². The molecule has 2 nitrogen and oxygen atoms in total. The largest absolute Gasteiger partial charge is 0.387 e. The molecule has 0 radical (unpaired) electrons. The maximum Gasteiger partial charge on any atom is 0.108 e. The Balaban J connectivity index is 2.18. The van der Waals surface area contributed by atoms with E-state index < -0.39 is 5.60 Å². The highest BCUT2D eigenvalue weighted by Gasteiger charge is 2.51. The van der Waals surface area contributed by atoms with Crippen LogP contribution in [0, 0.1) is 0 Å². The molecule has 62 valence electrons. The van der Waals surface area contributed by atoms with E-state index in [0.29, 0.717) is 5.82 Å². The van der Waals surface area contributed by atoms with E-state index in [1.165, 1.54) is 0 Å². The van der Waals surface area contributed by atoms with Gasteiger partial charge in [-0.1, -0.05) is 6.42 Å². The minimum absolute atomic E-state index is 0.123. The minimum atomic E-state index is -0.473. The van der Waals surface area contributed by atoms with Crippen LogP contribution >= 0.6 is 0 Å². The molecular weight excluding hydrogens is 139 g/mol. The number of hydrogen-bond acceptors (Lipinski definition) is 2. The molecule has 0 aromatic heterocycles. The Kier molecular flexibility index (Phi) is 1.55. The summed E-state index contributed by atoms with van der Waals surface area (Å²) in [7, 11) is 2.17. The Morgan fingerprint density at radius 2 is 2.36 bits per heavy atom. The second kappa shape index (κ2) is 2.24. The summed E-state index contributed by atoms with van der Waals surface area (Å²) in [6, 6.07) is 0. The van der Waals surface area contributed by atoms with Crippen LogP contribution in [0.4, 0.5) is 0 Å². The Labute approximate surface area is 68.3 Å². The summed E-state index contributed by atoms with van der Waals surface area (Å²) in [5.74, 6) is 0.546. The average Bonchev–Trinajstić information content (AvgIpc) is 2.32. The lowest BCUT2D eigenvalue weighted by Gasteiger charge is -2.21. The first-order valence-electron chi connectivity index (χ1n) is 4.50. The quantitative estimate of drug-likeness (QED) is 0.502. The molecule has 1 heterocycles. The molecule has 11 heavy (non-hydrogen) atoms. The highest BCUT2D eigenvalue weighted by atomic mass is 16.5. The molecule has 0 spiro atoms. The van der Waals surface area contributed by atoms with Crippen LogP contribution in [0.25, 0.3) is 0 Å². The van der Waals surface area contributed by atoms with Crippen LogP contribution in [0.3, 0.4) is 0 Å². The first-order chi connectivity index (χ1) is 5.12. The van der Waals surface area contributed by atoms with Gasteiger partial charge < -0.3 is 9.84 Å². The molecule has 0 aromatic carbocycles. The summed E-state index contributed by atoms with van der Waals surface area (Å²) in [5.41, 5.74) is -0.473. The molecule has 0 unspecified atom stereocenters. The molecule has 0 bridgehead atoms. The van der Waals surface area contributed by atoms with E-state index >= 15 is 0 Å². The predicted octanol–water partition coefficient (Wildman–Crippen LogP) is 0.110. The lowest BCUT2D eigenvalue weighted by molar-refractivity contribution is -0.0229. The van der Waals surface area contributed by atoms with Gasteiger partial charge in [-0.15, -0.1) is 0 Å². The number of hydrogen-bond donors (Lipinski definition) is 1. The van der Waals surface area contributed by atoms with E-state index in [1.54, 1.807) is 0 Å². The molecule has 2 aliphatic rings. The van der Waals surface area contributed by atoms with Gasteiger partial charge >= 0.3 is 0 Å². The third-order valence-corrected chi connectivity index (χ3v) is 3.10. The molecule has 4 atom stereocenters. The van der Waals surface area contributed by atoms with E-state index in [4.69, 9.17) is 4.74 Å². The number of ether oxygens (including phenoxy) is 1. The normalized spacial score (nSPS) is 56.4. The SMILES string of the molecule is B[C@@H]1CC[C@]2(O)C[C@@H](C)O[C@H]12. The molecule has 1 N–H and O–H groups in total. The molecule has 2 rings (SSSR count). The first-order valence-corrected chi connectivity index (χ1v) is 4.50. The highest BCUT2D eigenvalue weighted by molar-refractivity contribution is 6.12. The van der Waals surface area contributed by atoms with Crippen molar-refractivity contribution in [2.75, 3.05) is 0 Å². The number of rotatable bonds is 0. The van der Waals surface area contributed by atoms with Crippen molar-refractivity contribution in [2.24, 2.45) is 0 Å². The van der Waals surface area contributed by atoms with Crippen LogP contribution in [0.1, 0.15) is 26.2 Å². The Hall–Kier alpha value is -0.0151. The van der Waals surface area contributed by atoms with E-state index in [-0.39, 0.29) is 12.2 Å². The molecule has 3 heteroatoms. The molecule has 1 aliphatic carbocycles. The first kappa shape index (κ1) is 7.62. The number of aliphatic hydroxyl groups is 1. The maximum atomic E-state index is 10.0. The minimum Gasteiger partial charge on any atom is -0.387 e. The Bertz CT molecular complexity index is 173. The van der Waals surface area contributed by atoms with Crippen molar-refractivity contribution in [3.05, 3.63) is 0 Å².